The molecule has 0 saturated carbocycles. The van der Waals surface area contributed by atoms with Crippen molar-refractivity contribution in [1.82, 2.24) is 0 Å². The Balaban J connectivity index is 2.21. The molecular weight excluding hydrogens is 218 g/mol. The Morgan fingerprint density at radius 3 is 2.44 bits per heavy atom. The monoisotopic (exact) mass is 243 g/mol. The van der Waals surface area contributed by atoms with Crippen molar-refractivity contribution in [3.05, 3.63) is 42.0 Å². The lowest BCUT2D eigenvalue weighted by Crippen LogP contribution is -2.40. The van der Waals surface area contributed by atoms with E-state index in [4.69, 9.17) is 0 Å². The predicted octanol–water partition coefficient (Wildman–Crippen LogP) is 4.65. The van der Waals surface area contributed by atoms with Crippen LogP contribution in [0, 0.1) is 5.41 Å². The average molecular weight is 243 g/mol. The molecule has 2 rings (SSSR count). The van der Waals surface area contributed by atoms with Gasteiger partial charge in [-0.1, -0.05) is 50.6 Å². The summed E-state index contributed by atoms with van der Waals surface area (Å²) in [5, 5.41) is 0. The van der Waals surface area contributed by atoms with Crippen molar-refractivity contribution in [2.45, 2.75) is 46.6 Å². The second-order valence-corrected chi connectivity index (χ2v) is 6.66. The Kier molecular flexibility index (Phi) is 3.79. The molecule has 1 heterocycles. The average Bonchev–Trinajstić information content (AvgIpc) is 2.28. The van der Waals surface area contributed by atoms with E-state index in [0.29, 0.717) is 11.5 Å². The summed E-state index contributed by atoms with van der Waals surface area (Å²) in [5.74, 6) is 0. The molecule has 1 aromatic rings. The topological polar surface area (TPSA) is 3.24 Å². The first-order valence-corrected chi connectivity index (χ1v) is 6.93. The van der Waals surface area contributed by atoms with Crippen LogP contribution in [0.25, 0.3) is 0 Å². The Morgan fingerprint density at radius 2 is 1.83 bits per heavy atom. The second kappa shape index (κ2) is 5.17. The molecule has 1 aliphatic rings. The largest absolute Gasteiger partial charge is 0.364 e. The van der Waals surface area contributed by atoms with Crippen molar-refractivity contribution in [2.75, 3.05) is 11.4 Å². The molecule has 18 heavy (non-hydrogen) atoms. The van der Waals surface area contributed by atoms with Gasteiger partial charge >= 0.3 is 0 Å². The van der Waals surface area contributed by atoms with Crippen molar-refractivity contribution in [2.24, 2.45) is 5.41 Å². The summed E-state index contributed by atoms with van der Waals surface area (Å²) < 4.78 is 0. The third-order valence-corrected chi connectivity index (χ3v) is 3.57. The summed E-state index contributed by atoms with van der Waals surface area (Å²) in [5.41, 5.74) is 3.28. The maximum Gasteiger partial charge on any atom is 0.0371 e. The van der Waals surface area contributed by atoms with Crippen LogP contribution in [0.1, 0.15) is 40.5 Å². The molecule has 0 bridgehead atoms. The highest BCUT2D eigenvalue weighted by Crippen LogP contribution is 2.32. The van der Waals surface area contributed by atoms with Crippen LogP contribution in [0.15, 0.2) is 42.0 Å². The van der Waals surface area contributed by atoms with Gasteiger partial charge < -0.3 is 4.90 Å². The highest BCUT2D eigenvalue weighted by Gasteiger charge is 2.26. The quantitative estimate of drug-likeness (QED) is 0.683. The summed E-state index contributed by atoms with van der Waals surface area (Å²) in [6.45, 7) is 10.3. The summed E-state index contributed by atoms with van der Waals surface area (Å²) in [7, 11) is 0. The molecule has 0 fully saturated rings. The SMILES string of the molecule is CC1=CCN(c2ccccc2)[C@@H](CC(C)(C)C)C1. The molecule has 0 N–H and O–H groups in total. The highest BCUT2D eigenvalue weighted by atomic mass is 15.2. The summed E-state index contributed by atoms with van der Waals surface area (Å²) in [6.07, 6.45) is 4.81. The number of hydrogen-bond donors (Lipinski definition) is 0. The molecule has 0 aliphatic carbocycles. The standard InChI is InChI=1S/C17H25N/c1-14-10-11-18(15-8-6-5-7-9-15)16(12-14)13-17(2,3)4/h5-10,16H,11-13H2,1-4H3/t16-/m1/s1. The smallest absolute Gasteiger partial charge is 0.0371 e. The molecule has 1 nitrogen and oxygen atoms in total. The van der Waals surface area contributed by atoms with E-state index in [0.717, 1.165) is 6.54 Å². The van der Waals surface area contributed by atoms with E-state index in [9.17, 15) is 0 Å². The molecule has 98 valence electrons. The molecule has 1 heteroatoms. The van der Waals surface area contributed by atoms with Crippen LogP contribution in [0.4, 0.5) is 5.69 Å². The Bertz CT molecular complexity index is 411. The molecule has 0 aromatic heterocycles. The number of nitrogens with zero attached hydrogens (tertiary/aromatic N) is 1. The number of benzene rings is 1. The Morgan fingerprint density at radius 1 is 1.17 bits per heavy atom. The van der Waals surface area contributed by atoms with E-state index >= 15 is 0 Å². The van der Waals surface area contributed by atoms with Gasteiger partial charge in [0.1, 0.15) is 0 Å². The molecule has 1 aliphatic heterocycles. The molecule has 0 radical (unpaired) electrons. The first-order chi connectivity index (χ1) is 8.46. The van der Waals surface area contributed by atoms with Crippen molar-refractivity contribution in [3.63, 3.8) is 0 Å². The summed E-state index contributed by atoms with van der Waals surface area (Å²) in [4.78, 5) is 2.55. The number of hydrogen-bond acceptors (Lipinski definition) is 1. The summed E-state index contributed by atoms with van der Waals surface area (Å²) in [6, 6.07) is 11.4. The molecular formula is C17H25N. The molecule has 0 spiro atoms. The predicted molar refractivity (Wildman–Crippen MR) is 80.0 cm³/mol. The van der Waals surface area contributed by atoms with Gasteiger partial charge in [0.15, 0.2) is 0 Å². The van der Waals surface area contributed by atoms with Crippen molar-refractivity contribution >= 4 is 5.69 Å². The Labute approximate surface area is 112 Å². The summed E-state index contributed by atoms with van der Waals surface area (Å²) >= 11 is 0. The fraction of sp³-hybridized carbons (Fsp3) is 0.529. The van der Waals surface area contributed by atoms with E-state index < -0.39 is 0 Å². The van der Waals surface area contributed by atoms with Gasteiger partial charge in [0.25, 0.3) is 0 Å². The van der Waals surface area contributed by atoms with Gasteiger partial charge in [-0.05, 0) is 37.3 Å². The van der Waals surface area contributed by atoms with E-state index in [2.05, 4.69) is 69.0 Å². The maximum absolute atomic E-state index is 2.55. The zero-order valence-corrected chi connectivity index (χ0v) is 12.1. The van der Waals surface area contributed by atoms with Gasteiger partial charge in [0.05, 0.1) is 0 Å². The van der Waals surface area contributed by atoms with Gasteiger partial charge in [-0.3, -0.25) is 0 Å². The number of anilines is 1. The normalized spacial score (nSPS) is 20.8. The van der Waals surface area contributed by atoms with E-state index in [1.165, 1.54) is 24.1 Å². The van der Waals surface area contributed by atoms with Crippen LogP contribution in [0.3, 0.4) is 0 Å². The minimum Gasteiger partial charge on any atom is -0.364 e. The van der Waals surface area contributed by atoms with Crippen LogP contribution in [0.2, 0.25) is 0 Å². The fourth-order valence-corrected chi connectivity index (χ4v) is 2.79. The van der Waals surface area contributed by atoms with Crippen LogP contribution >= 0.6 is 0 Å². The van der Waals surface area contributed by atoms with Crippen LogP contribution in [-0.4, -0.2) is 12.6 Å². The lowest BCUT2D eigenvalue weighted by Gasteiger charge is -2.39. The minimum absolute atomic E-state index is 0.384. The third kappa shape index (κ3) is 3.38. The zero-order chi connectivity index (χ0) is 13.2. The van der Waals surface area contributed by atoms with E-state index in [1.807, 2.05) is 0 Å². The first-order valence-electron chi connectivity index (χ1n) is 6.93. The van der Waals surface area contributed by atoms with Crippen molar-refractivity contribution in [3.8, 4) is 0 Å². The van der Waals surface area contributed by atoms with E-state index in [-0.39, 0.29) is 0 Å². The molecule has 1 aromatic carbocycles. The van der Waals surface area contributed by atoms with Crippen molar-refractivity contribution < 1.29 is 0 Å². The molecule has 0 unspecified atom stereocenters. The van der Waals surface area contributed by atoms with Crippen LogP contribution in [-0.2, 0) is 0 Å². The van der Waals surface area contributed by atoms with Gasteiger partial charge in [-0.15, -0.1) is 0 Å². The molecule has 0 amide bonds. The Hall–Kier alpha value is -1.24. The van der Waals surface area contributed by atoms with E-state index in [1.54, 1.807) is 0 Å². The highest BCUT2D eigenvalue weighted by molar-refractivity contribution is 5.49. The van der Waals surface area contributed by atoms with Gasteiger partial charge in [0, 0.05) is 18.3 Å². The maximum atomic E-state index is 2.55. The van der Waals surface area contributed by atoms with Crippen molar-refractivity contribution in [1.29, 1.82) is 0 Å². The van der Waals surface area contributed by atoms with Gasteiger partial charge in [0.2, 0.25) is 0 Å². The minimum atomic E-state index is 0.384. The number of para-hydroxylation sites is 1. The second-order valence-electron chi connectivity index (χ2n) is 6.66. The lowest BCUT2D eigenvalue weighted by atomic mass is 9.84. The zero-order valence-electron chi connectivity index (χ0n) is 12.1. The van der Waals surface area contributed by atoms with Crippen LogP contribution in [0.5, 0.6) is 0 Å². The number of rotatable bonds is 2. The first kappa shape index (κ1) is 13.2. The van der Waals surface area contributed by atoms with Gasteiger partial charge in [-0.25, -0.2) is 0 Å². The molecule has 1 atom stereocenters. The third-order valence-electron chi connectivity index (χ3n) is 3.57. The fourth-order valence-electron chi connectivity index (χ4n) is 2.79. The van der Waals surface area contributed by atoms with Crippen LogP contribution < -0.4 is 4.90 Å². The molecule has 0 saturated heterocycles. The lowest BCUT2D eigenvalue weighted by molar-refractivity contribution is 0.326. The van der Waals surface area contributed by atoms with Gasteiger partial charge in [-0.2, -0.15) is 0 Å².